The lowest BCUT2D eigenvalue weighted by Gasteiger charge is -2.08. The number of nitrogens with one attached hydrogen (secondary N) is 1. The number of carbonyl (C=O) groups excluding carboxylic acids is 1. The van der Waals surface area contributed by atoms with Crippen LogP contribution in [0.4, 0.5) is 14.5 Å². The Morgan fingerprint density at radius 2 is 1.76 bits per heavy atom. The molecule has 0 unspecified atom stereocenters. The normalized spacial score (nSPS) is 10.5. The second-order valence-electron chi connectivity index (χ2n) is 3.98. The minimum absolute atomic E-state index is 0.0256. The third-order valence-electron chi connectivity index (χ3n) is 2.52. The van der Waals surface area contributed by atoms with Gasteiger partial charge in [0.1, 0.15) is 5.75 Å². The molecule has 0 aliphatic carbocycles. The van der Waals surface area contributed by atoms with E-state index in [1.165, 1.54) is 30.3 Å². The van der Waals surface area contributed by atoms with Crippen LogP contribution in [0.15, 0.2) is 42.5 Å². The molecule has 0 aliphatic heterocycles. The predicted molar refractivity (Wildman–Crippen MR) is 77.5 cm³/mol. The van der Waals surface area contributed by atoms with Crippen molar-refractivity contribution >= 4 is 34.8 Å². The van der Waals surface area contributed by atoms with Crippen LogP contribution in [0.2, 0.25) is 10.0 Å². The fourth-order valence-corrected chi connectivity index (χ4v) is 1.91. The van der Waals surface area contributed by atoms with Crippen LogP contribution in [-0.4, -0.2) is 12.5 Å². The number of amides is 1. The van der Waals surface area contributed by atoms with Gasteiger partial charge in [0.25, 0.3) is 5.91 Å². The summed E-state index contributed by atoms with van der Waals surface area (Å²) in [6.45, 7) is -2.91. The van der Waals surface area contributed by atoms with Gasteiger partial charge >= 0.3 is 6.61 Å². The molecule has 0 bridgehead atoms. The summed E-state index contributed by atoms with van der Waals surface area (Å²) < 4.78 is 28.2. The van der Waals surface area contributed by atoms with Crippen molar-refractivity contribution in [3.63, 3.8) is 0 Å². The first-order chi connectivity index (χ1) is 9.95. The molecule has 21 heavy (non-hydrogen) atoms. The van der Waals surface area contributed by atoms with Gasteiger partial charge in [-0.1, -0.05) is 23.2 Å². The Hall–Kier alpha value is -1.85. The second-order valence-corrected chi connectivity index (χ2v) is 4.82. The summed E-state index contributed by atoms with van der Waals surface area (Å²) in [7, 11) is 0. The largest absolute Gasteiger partial charge is 0.435 e. The van der Waals surface area contributed by atoms with Gasteiger partial charge in [0.15, 0.2) is 0 Å². The second kappa shape index (κ2) is 6.74. The summed E-state index contributed by atoms with van der Waals surface area (Å²) in [5.74, 6) is -0.467. The topological polar surface area (TPSA) is 38.3 Å². The maximum atomic E-state index is 12.0. The van der Waals surface area contributed by atoms with Gasteiger partial charge in [-0.3, -0.25) is 4.79 Å². The lowest BCUT2D eigenvalue weighted by molar-refractivity contribution is -0.0498. The van der Waals surface area contributed by atoms with Crippen LogP contribution in [-0.2, 0) is 0 Å². The highest BCUT2D eigenvalue weighted by Gasteiger charge is 2.10. The summed E-state index contributed by atoms with van der Waals surface area (Å²) in [6, 6.07) is 9.95. The third-order valence-corrected chi connectivity index (χ3v) is 3.08. The number of ether oxygens (including phenoxy) is 1. The summed E-state index contributed by atoms with van der Waals surface area (Å²) in [5.41, 5.74) is 0.634. The number of hydrogen-bond acceptors (Lipinski definition) is 2. The first-order valence-corrected chi connectivity index (χ1v) is 6.52. The van der Waals surface area contributed by atoms with E-state index < -0.39 is 12.5 Å². The monoisotopic (exact) mass is 331 g/mol. The van der Waals surface area contributed by atoms with Crippen molar-refractivity contribution in [1.82, 2.24) is 0 Å². The summed E-state index contributed by atoms with van der Waals surface area (Å²) in [4.78, 5) is 12.0. The van der Waals surface area contributed by atoms with Gasteiger partial charge in [0, 0.05) is 10.6 Å². The molecule has 0 radical (unpaired) electrons. The molecular formula is C14H9Cl2F2NO2. The third kappa shape index (κ3) is 4.31. The molecule has 1 amide bonds. The Bertz CT molecular complexity index is 648. The average Bonchev–Trinajstić information content (AvgIpc) is 2.43. The molecule has 110 valence electrons. The number of alkyl halides is 2. The fourth-order valence-electron chi connectivity index (χ4n) is 1.58. The fraction of sp³-hybridized carbons (Fsp3) is 0.0714. The molecular weight excluding hydrogens is 323 g/mol. The molecule has 2 rings (SSSR count). The first kappa shape index (κ1) is 15.5. The van der Waals surface area contributed by atoms with Crippen molar-refractivity contribution < 1.29 is 18.3 Å². The van der Waals surface area contributed by atoms with E-state index in [9.17, 15) is 13.6 Å². The van der Waals surface area contributed by atoms with Gasteiger partial charge in [-0.15, -0.1) is 0 Å². The molecule has 0 spiro atoms. The van der Waals surface area contributed by atoms with Crippen molar-refractivity contribution in [2.75, 3.05) is 5.32 Å². The minimum atomic E-state index is -2.91. The van der Waals surface area contributed by atoms with E-state index in [1.807, 2.05) is 0 Å². The van der Waals surface area contributed by atoms with Crippen LogP contribution in [0.1, 0.15) is 10.4 Å². The molecule has 2 aromatic carbocycles. The van der Waals surface area contributed by atoms with Gasteiger partial charge in [-0.25, -0.2) is 0 Å². The summed E-state index contributed by atoms with van der Waals surface area (Å²) >= 11 is 11.8. The van der Waals surface area contributed by atoms with Crippen LogP contribution in [0, 0.1) is 0 Å². The van der Waals surface area contributed by atoms with Crippen LogP contribution in [0.5, 0.6) is 5.75 Å². The number of anilines is 1. The van der Waals surface area contributed by atoms with E-state index in [1.54, 1.807) is 12.1 Å². The van der Waals surface area contributed by atoms with Crippen LogP contribution in [0.3, 0.4) is 0 Å². The zero-order chi connectivity index (χ0) is 15.4. The smallest absolute Gasteiger partial charge is 0.387 e. The van der Waals surface area contributed by atoms with Gasteiger partial charge < -0.3 is 10.1 Å². The van der Waals surface area contributed by atoms with Gasteiger partial charge in [0.05, 0.1) is 10.7 Å². The van der Waals surface area contributed by atoms with E-state index in [0.29, 0.717) is 15.7 Å². The molecule has 1 N–H and O–H groups in total. The highest BCUT2D eigenvalue weighted by molar-refractivity contribution is 6.35. The molecule has 0 saturated carbocycles. The zero-order valence-corrected chi connectivity index (χ0v) is 12.0. The number of rotatable bonds is 4. The zero-order valence-electron chi connectivity index (χ0n) is 10.4. The number of hydrogen-bond donors (Lipinski definition) is 1. The Balaban J connectivity index is 2.11. The Morgan fingerprint density at radius 3 is 2.38 bits per heavy atom. The van der Waals surface area contributed by atoms with Crippen molar-refractivity contribution in [3.8, 4) is 5.75 Å². The minimum Gasteiger partial charge on any atom is -0.435 e. The van der Waals surface area contributed by atoms with E-state index in [0.717, 1.165) is 0 Å². The summed E-state index contributed by atoms with van der Waals surface area (Å²) in [5, 5.41) is 3.35. The van der Waals surface area contributed by atoms with E-state index in [4.69, 9.17) is 23.2 Å². The van der Waals surface area contributed by atoms with Gasteiger partial charge in [-0.05, 0) is 42.5 Å². The number of carbonyl (C=O) groups is 1. The Morgan fingerprint density at radius 1 is 1.10 bits per heavy atom. The van der Waals surface area contributed by atoms with E-state index in [-0.39, 0.29) is 11.3 Å². The number of halogens is 4. The Labute approximate surface area is 129 Å². The van der Waals surface area contributed by atoms with Gasteiger partial charge in [-0.2, -0.15) is 8.78 Å². The van der Waals surface area contributed by atoms with Crippen molar-refractivity contribution in [3.05, 3.63) is 58.1 Å². The predicted octanol–water partition coefficient (Wildman–Crippen LogP) is 4.85. The molecule has 0 saturated heterocycles. The highest BCUT2D eigenvalue weighted by Crippen LogP contribution is 2.26. The summed E-state index contributed by atoms with van der Waals surface area (Å²) in [6.07, 6.45) is 0. The molecule has 2 aromatic rings. The van der Waals surface area contributed by atoms with E-state index >= 15 is 0 Å². The van der Waals surface area contributed by atoms with Crippen LogP contribution < -0.4 is 10.1 Å². The Kier molecular flexibility index (Phi) is 4.98. The molecule has 0 atom stereocenters. The SMILES string of the molecule is O=C(Nc1cc(Cl)ccc1Cl)c1ccc(OC(F)F)cc1. The van der Waals surface area contributed by atoms with Gasteiger partial charge in [0.2, 0.25) is 0 Å². The van der Waals surface area contributed by atoms with Crippen molar-refractivity contribution in [2.24, 2.45) is 0 Å². The van der Waals surface area contributed by atoms with Crippen LogP contribution in [0.25, 0.3) is 0 Å². The first-order valence-electron chi connectivity index (χ1n) is 5.77. The molecule has 0 fully saturated rings. The molecule has 0 heterocycles. The maximum Gasteiger partial charge on any atom is 0.387 e. The standard InChI is InChI=1S/C14H9Cl2F2NO2/c15-9-3-6-11(16)12(7-9)19-13(20)8-1-4-10(5-2-8)21-14(17)18/h1-7,14H,(H,19,20). The molecule has 0 aromatic heterocycles. The van der Waals surface area contributed by atoms with E-state index in [2.05, 4.69) is 10.1 Å². The average molecular weight is 332 g/mol. The van der Waals surface area contributed by atoms with Crippen molar-refractivity contribution in [1.29, 1.82) is 0 Å². The lowest BCUT2D eigenvalue weighted by Crippen LogP contribution is -2.12. The molecule has 0 aliphatic rings. The van der Waals surface area contributed by atoms with Crippen LogP contribution >= 0.6 is 23.2 Å². The lowest BCUT2D eigenvalue weighted by atomic mass is 10.2. The maximum absolute atomic E-state index is 12.0. The number of benzene rings is 2. The van der Waals surface area contributed by atoms with Crippen molar-refractivity contribution in [2.45, 2.75) is 6.61 Å². The quantitative estimate of drug-likeness (QED) is 0.869. The molecule has 7 heteroatoms. The molecule has 3 nitrogen and oxygen atoms in total. The highest BCUT2D eigenvalue weighted by atomic mass is 35.5.